The number of benzene rings is 1. The molecule has 0 atom stereocenters. The van der Waals surface area contributed by atoms with Gasteiger partial charge in [-0.2, -0.15) is 5.26 Å². The minimum atomic E-state index is -0.148. The van der Waals surface area contributed by atoms with Crippen LogP contribution >= 0.6 is 0 Å². The highest BCUT2D eigenvalue weighted by Gasteiger charge is 2.24. The molecule has 0 saturated carbocycles. The fourth-order valence-electron chi connectivity index (χ4n) is 2.72. The zero-order valence-corrected chi connectivity index (χ0v) is 12.2. The van der Waals surface area contributed by atoms with Gasteiger partial charge in [-0.15, -0.1) is 0 Å². The molecule has 22 heavy (non-hydrogen) atoms. The first kappa shape index (κ1) is 14.1. The molecule has 0 bridgehead atoms. The van der Waals surface area contributed by atoms with Crippen LogP contribution < -0.4 is 4.74 Å². The van der Waals surface area contributed by atoms with Crippen molar-refractivity contribution in [2.24, 2.45) is 0 Å². The number of methoxy groups -OCH3 is 1. The first-order valence-electron chi connectivity index (χ1n) is 7.03. The molecule has 0 aliphatic carbocycles. The van der Waals surface area contributed by atoms with Crippen LogP contribution in [0.2, 0.25) is 0 Å². The molecule has 1 aliphatic rings. The lowest BCUT2D eigenvalue weighted by Crippen LogP contribution is -2.36. The van der Waals surface area contributed by atoms with Crippen LogP contribution in [0.15, 0.2) is 36.5 Å². The summed E-state index contributed by atoms with van der Waals surface area (Å²) in [6.45, 7) is 1.15. The van der Waals surface area contributed by atoms with Crippen LogP contribution in [0.5, 0.6) is 5.75 Å². The number of pyridine rings is 1. The third kappa shape index (κ3) is 2.51. The number of hydrogen-bond acceptors (Lipinski definition) is 4. The molecule has 1 aromatic heterocycles. The molecule has 0 fully saturated rings. The summed E-state index contributed by atoms with van der Waals surface area (Å²) >= 11 is 0. The van der Waals surface area contributed by atoms with E-state index in [1.165, 1.54) is 12.3 Å². The molecule has 1 amide bonds. The summed E-state index contributed by atoms with van der Waals surface area (Å²) in [5.74, 6) is 0.722. The molecule has 2 aromatic rings. The van der Waals surface area contributed by atoms with Crippen LogP contribution in [0, 0.1) is 11.3 Å². The van der Waals surface area contributed by atoms with Gasteiger partial charge in [0, 0.05) is 24.8 Å². The fourth-order valence-corrected chi connectivity index (χ4v) is 2.72. The molecule has 3 rings (SSSR count). The summed E-state index contributed by atoms with van der Waals surface area (Å²) in [7, 11) is 1.66. The van der Waals surface area contributed by atoms with Gasteiger partial charge in [0.25, 0.3) is 5.91 Å². The molecule has 1 aliphatic heterocycles. The molecule has 0 radical (unpaired) electrons. The van der Waals surface area contributed by atoms with Gasteiger partial charge < -0.3 is 9.64 Å². The van der Waals surface area contributed by atoms with Crippen LogP contribution in [0.1, 0.15) is 27.2 Å². The second-order valence-electron chi connectivity index (χ2n) is 5.12. The number of fused-ring (bicyclic) bond motifs is 1. The van der Waals surface area contributed by atoms with Crippen molar-refractivity contribution in [3.05, 3.63) is 58.9 Å². The van der Waals surface area contributed by atoms with Gasteiger partial charge in [-0.1, -0.05) is 12.1 Å². The number of ether oxygens (including phenoxy) is 1. The van der Waals surface area contributed by atoms with Crippen molar-refractivity contribution in [2.45, 2.75) is 13.0 Å². The van der Waals surface area contributed by atoms with E-state index in [0.717, 1.165) is 23.3 Å². The molecule has 0 unspecified atom stereocenters. The lowest BCUT2D eigenvalue weighted by Gasteiger charge is -2.29. The summed E-state index contributed by atoms with van der Waals surface area (Å²) in [6.07, 6.45) is 2.25. The van der Waals surface area contributed by atoms with Crippen LogP contribution in [0.4, 0.5) is 0 Å². The van der Waals surface area contributed by atoms with Crippen LogP contribution in [0.25, 0.3) is 0 Å². The van der Waals surface area contributed by atoms with Crippen molar-refractivity contribution in [2.75, 3.05) is 13.7 Å². The summed E-state index contributed by atoms with van der Waals surface area (Å²) in [4.78, 5) is 18.4. The molecule has 2 heterocycles. The zero-order valence-electron chi connectivity index (χ0n) is 12.2. The van der Waals surface area contributed by atoms with Crippen LogP contribution in [0.3, 0.4) is 0 Å². The quantitative estimate of drug-likeness (QED) is 0.851. The van der Waals surface area contributed by atoms with E-state index in [4.69, 9.17) is 10.00 Å². The Morgan fingerprint density at radius 2 is 2.27 bits per heavy atom. The Hall–Kier alpha value is -2.87. The predicted octanol–water partition coefficient (Wildman–Crippen LogP) is 2.16. The Labute approximate surface area is 128 Å². The third-order valence-corrected chi connectivity index (χ3v) is 3.84. The maximum Gasteiger partial charge on any atom is 0.272 e. The number of aromatic nitrogens is 1. The molecule has 0 spiro atoms. The largest absolute Gasteiger partial charge is 0.496 e. The van der Waals surface area contributed by atoms with Gasteiger partial charge in [-0.05, 0) is 30.2 Å². The van der Waals surface area contributed by atoms with Crippen molar-refractivity contribution >= 4 is 5.91 Å². The maximum atomic E-state index is 12.6. The van der Waals surface area contributed by atoms with Gasteiger partial charge in [0.15, 0.2) is 0 Å². The number of carbonyl (C=O) groups is 1. The summed E-state index contributed by atoms with van der Waals surface area (Å²) in [5.41, 5.74) is 3.01. The number of rotatable bonds is 2. The Morgan fingerprint density at radius 1 is 1.41 bits per heavy atom. The van der Waals surface area contributed by atoms with Crippen LogP contribution in [-0.4, -0.2) is 29.4 Å². The summed E-state index contributed by atoms with van der Waals surface area (Å²) < 4.78 is 5.37. The first-order valence-corrected chi connectivity index (χ1v) is 7.03. The average molecular weight is 293 g/mol. The lowest BCUT2D eigenvalue weighted by atomic mass is 9.98. The summed E-state index contributed by atoms with van der Waals surface area (Å²) in [5, 5.41) is 8.93. The second kappa shape index (κ2) is 5.86. The molecule has 5 nitrogen and oxygen atoms in total. The van der Waals surface area contributed by atoms with E-state index in [-0.39, 0.29) is 5.91 Å². The predicted molar refractivity (Wildman–Crippen MR) is 80.4 cm³/mol. The Kier molecular flexibility index (Phi) is 3.75. The second-order valence-corrected chi connectivity index (χ2v) is 5.12. The van der Waals surface area contributed by atoms with E-state index in [2.05, 4.69) is 4.98 Å². The van der Waals surface area contributed by atoms with E-state index in [9.17, 15) is 4.79 Å². The highest BCUT2D eigenvalue weighted by molar-refractivity contribution is 5.92. The van der Waals surface area contributed by atoms with Crippen molar-refractivity contribution in [3.8, 4) is 11.8 Å². The number of hydrogen-bond donors (Lipinski definition) is 0. The van der Waals surface area contributed by atoms with Gasteiger partial charge in [0.2, 0.25) is 0 Å². The van der Waals surface area contributed by atoms with Crippen molar-refractivity contribution in [1.29, 1.82) is 5.26 Å². The number of carbonyl (C=O) groups excluding carboxylic acids is 1. The molecule has 110 valence electrons. The summed E-state index contributed by atoms with van der Waals surface area (Å²) in [6, 6.07) is 11.0. The lowest BCUT2D eigenvalue weighted by molar-refractivity contribution is 0.0728. The molecule has 5 heteroatoms. The molecule has 1 aromatic carbocycles. The zero-order chi connectivity index (χ0) is 15.5. The number of amides is 1. The smallest absolute Gasteiger partial charge is 0.272 e. The maximum absolute atomic E-state index is 12.6. The van der Waals surface area contributed by atoms with E-state index < -0.39 is 0 Å². The van der Waals surface area contributed by atoms with Gasteiger partial charge in [-0.25, -0.2) is 0 Å². The normalized spacial score (nSPS) is 13.2. The highest BCUT2D eigenvalue weighted by atomic mass is 16.5. The molecule has 0 N–H and O–H groups in total. The van der Waals surface area contributed by atoms with Crippen LogP contribution in [-0.2, 0) is 13.0 Å². The van der Waals surface area contributed by atoms with Crippen molar-refractivity contribution in [1.82, 2.24) is 9.88 Å². The average Bonchev–Trinajstić information content (AvgIpc) is 2.60. The number of nitrogens with zero attached hydrogens (tertiary/aromatic N) is 3. The monoisotopic (exact) mass is 293 g/mol. The van der Waals surface area contributed by atoms with E-state index in [0.29, 0.717) is 24.3 Å². The Balaban J connectivity index is 1.85. The minimum absolute atomic E-state index is 0.148. The molecular formula is C17H15N3O2. The van der Waals surface area contributed by atoms with Crippen molar-refractivity contribution in [3.63, 3.8) is 0 Å². The number of nitriles is 1. The van der Waals surface area contributed by atoms with Crippen molar-refractivity contribution < 1.29 is 9.53 Å². The fraction of sp³-hybridized carbons (Fsp3) is 0.235. The van der Waals surface area contributed by atoms with Gasteiger partial charge in [0.05, 0.1) is 18.7 Å². The van der Waals surface area contributed by atoms with Gasteiger partial charge >= 0.3 is 0 Å². The third-order valence-electron chi connectivity index (χ3n) is 3.84. The van der Waals surface area contributed by atoms with Gasteiger partial charge in [-0.3, -0.25) is 9.78 Å². The minimum Gasteiger partial charge on any atom is -0.496 e. The van der Waals surface area contributed by atoms with E-state index in [1.54, 1.807) is 18.1 Å². The van der Waals surface area contributed by atoms with E-state index in [1.807, 2.05) is 24.3 Å². The van der Waals surface area contributed by atoms with Gasteiger partial charge in [0.1, 0.15) is 11.4 Å². The highest BCUT2D eigenvalue weighted by Crippen LogP contribution is 2.28. The topological polar surface area (TPSA) is 66.2 Å². The Morgan fingerprint density at radius 3 is 3.05 bits per heavy atom. The standard InChI is InChI=1S/C17H15N3O2/c1-22-16-4-2-3-13-11-20(8-6-14(13)16)17(21)15-9-12(10-18)5-7-19-15/h2-5,7,9H,6,8,11H2,1H3. The molecule has 0 saturated heterocycles. The van der Waals surface area contributed by atoms with E-state index >= 15 is 0 Å². The first-order chi connectivity index (χ1) is 10.7. The molecular weight excluding hydrogens is 278 g/mol. The SMILES string of the molecule is COc1cccc2c1CCN(C(=O)c1cc(C#N)ccn1)C2. The Bertz CT molecular complexity index is 765.